The lowest BCUT2D eigenvalue weighted by atomic mass is 10.2. The summed E-state index contributed by atoms with van der Waals surface area (Å²) in [5.41, 5.74) is 2.18. The van der Waals surface area contributed by atoms with E-state index in [1.54, 1.807) is 43.5 Å². The molecule has 4 aromatic rings. The van der Waals surface area contributed by atoms with Gasteiger partial charge < -0.3 is 14.5 Å². The maximum absolute atomic E-state index is 12.6. The molecule has 0 atom stereocenters. The average molecular weight is 494 g/mol. The number of benzene rings is 3. The zero-order valence-electron chi connectivity index (χ0n) is 17.5. The Labute approximate surface area is 192 Å². The molecule has 0 fully saturated rings. The lowest BCUT2D eigenvalue weighted by Gasteiger charge is -2.13. The summed E-state index contributed by atoms with van der Waals surface area (Å²) in [5.74, 6) is 1.05. The zero-order chi connectivity index (χ0) is 22.7. The number of H-pyrrole nitrogens is 1. The molecule has 0 spiro atoms. The number of nitrogens with one attached hydrogen (secondary N) is 1. The lowest BCUT2D eigenvalue weighted by molar-refractivity contribution is 0.284. The molecule has 162 valence electrons. The molecular weight excluding hydrogens is 474 g/mol. The van der Waals surface area contributed by atoms with Gasteiger partial charge in [0.1, 0.15) is 6.61 Å². The molecule has 0 aliphatic carbocycles. The summed E-state index contributed by atoms with van der Waals surface area (Å²) in [4.78, 5) is 27.6. The Balaban J connectivity index is 1.63. The predicted octanol–water partition coefficient (Wildman–Crippen LogP) is 4.23. The van der Waals surface area contributed by atoms with Crippen LogP contribution in [0.15, 0.2) is 79.8 Å². The second-order valence-electron chi connectivity index (χ2n) is 7.14. The van der Waals surface area contributed by atoms with Gasteiger partial charge in [-0.3, -0.25) is 4.79 Å². The third kappa shape index (κ3) is 4.50. The normalized spacial score (nSPS) is 11.2. The van der Waals surface area contributed by atoms with E-state index in [4.69, 9.17) is 9.47 Å². The first-order valence-corrected chi connectivity index (χ1v) is 10.6. The van der Waals surface area contributed by atoms with Gasteiger partial charge in [-0.15, -0.1) is 4.68 Å². The van der Waals surface area contributed by atoms with Crippen LogP contribution in [0.2, 0.25) is 0 Å². The van der Waals surface area contributed by atoms with Gasteiger partial charge in [-0.1, -0.05) is 42.0 Å². The predicted molar refractivity (Wildman–Crippen MR) is 128 cm³/mol. The van der Waals surface area contributed by atoms with E-state index >= 15 is 0 Å². The van der Waals surface area contributed by atoms with Crippen LogP contribution >= 0.6 is 15.9 Å². The molecule has 0 bridgehead atoms. The molecule has 8 heteroatoms. The number of methoxy groups -OCH3 is 1. The van der Waals surface area contributed by atoms with Gasteiger partial charge in [-0.2, -0.15) is 5.10 Å². The lowest BCUT2D eigenvalue weighted by Crippen LogP contribution is -2.32. The summed E-state index contributed by atoms with van der Waals surface area (Å²) in [7, 11) is 1.54. The molecule has 1 heterocycles. The summed E-state index contributed by atoms with van der Waals surface area (Å²) >= 11 is 3.50. The maximum Gasteiger partial charge on any atom is 0.349 e. The molecule has 0 amide bonds. The Morgan fingerprint density at radius 2 is 1.81 bits per heavy atom. The summed E-state index contributed by atoms with van der Waals surface area (Å²) in [6.07, 6.45) is 1.42. The number of rotatable bonds is 6. The van der Waals surface area contributed by atoms with Gasteiger partial charge in [0.25, 0.3) is 5.56 Å². The summed E-state index contributed by atoms with van der Waals surface area (Å²) in [6.45, 7) is 2.42. The minimum atomic E-state index is -0.619. The number of ether oxygens (including phenoxy) is 2. The van der Waals surface area contributed by atoms with Crippen molar-refractivity contribution in [3.63, 3.8) is 0 Å². The van der Waals surface area contributed by atoms with Crippen molar-refractivity contribution in [2.75, 3.05) is 7.11 Å². The summed E-state index contributed by atoms with van der Waals surface area (Å²) in [6, 6.07) is 18.4. The molecule has 0 unspecified atom stereocenters. The van der Waals surface area contributed by atoms with E-state index in [2.05, 4.69) is 26.0 Å². The van der Waals surface area contributed by atoms with Crippen LogP contribution in [0.4, 0.5) is 0 Å². The Kier molecular flexibility index (Phi) is 6.23. The topological polar surface area (TPSA) is 85.7 Å². The van der Waals surface area contributed by atoms with Crippen molar-refractivity contribution in [3.8, 4) is 11.5 Å². The molecule has 7 nitrogen and oxygen atoms in total. The molecule has 1 N–H and O–H groups in total. The minimum Gasteiger partial charge on any atom is -0.493 e. The number of aryl methyl sites for hydroxylation is 1. The summed E-state index contributed by atoms with van der Waals surface area (Å²) in [5, 5.41) is 4.48. The van der Waals surface area contributed by atoms with Crippen molar-refractivity contribution in [2.45, 2.75) is 13.5 Å². The highest BCUT2D eigenvalue weighted by Gasteiger charge is 2.11. The number of halogens is 1. The highest BCUT2D eigenvalue weighted by atomic mass is 79.9. The number of nitrogens with zero attached hydrogens (tertiary/aromatic N) is 2. The molecule has 0 saturated carbocycles. The third-order valence-corrected chi connectivity index (χ3v) is 5.58. The van der Waals surface area contributed by atoms with E-state index in [-0.39, 0.29) is 0 Å². The van der Waals surface area contributed by atoms with Gasteiger partial charge >= 0.3 is 5.69 Å². The van der Waals surface area contributed by atoms with Crippen LogP contribution in [-0.4, -0.2) is 23.0 Å². The van der Waals surface area contributed by atoms with E-state index in [9.17, 15) is 9.59 Å². The number of hydrogen-bond donors (Lipinski definition) is 1. The monoisotopic (exact) mass is 493 g/mol. The Morgan fingerprint density at radius 3 is 2.56 bits per heavy atom. The smallest absolute Gasteiger partial charge is 0.349 e. The number of fused-ring (bicyclic) bond motifs is 1. The average Bonchev–Trinajstić information content (AvgIpc) is 2.79. The Hall–Kier alpha value is -3.65. The number of hydrogen-bond acceptors (Lipinski definition) is 5. The maximum atomic E-state index is 12.6. The van der Waals surface area contributed by atoms with E-state index in [0.29, 0.717) is 39.0 Å². The molecule has 0 radical (unpaired) electrons. The fraction of sp³-hybridized carbons (Fsp3) is 0.125. The number of aromatic nitrogens is 2. The van der Waals surface area contributed by atoms with Crippen molar-refractivity contribution in [1.82, 2.24) is 9.66 Å². The van der Waals surface area contributed by atoms with Crippen molar-refractivity contribution < 1.29 is 9.47 Å². The van der Waals surface area contributed by atoms with Crippen molar-refractivity contribution in [3.05, 3.63) is 103 Å². The second-order valence-corrected chi connectivity index (χ2v) is 7.99. The molecule has 4 rings (SSSR count). The van der Waals surface area contributed by atoms with Gasteiger partial charge in [0, 0.05) is 10.0 Å². The van der Waals surface area contributed by atoms with Gasteiger partial charge in [-0.05, 0) is 52.7 Å². The zero-order valence-corrected chi connectivity index (χ0v) is 19.0. The first-order chi connectivity index (χ1) is 15.5. The van der Waals surface area contributed by atoms with E-state index in [0.717, 1.165) is 10.2 Å². The second kappa shape index (κ2) is 9.23. The molecule has 0 saturated heterocycles. The molecular formula is C24H20BrN3O4. The first-order valence-electron chi connectivity index (χ1n) is 9.80. The standard InChI is InChI=1S/C24H20BrN3O4/c1-15-7-9-16(10-8-15)14-32-22-12-19(25)17(11-21(22)31-2)13-26-28-23(29)18-5-3-4-6-20(18)27-24(28)30/h3-13H,14H2,1-2H3,(H,27,30). The van der Waals surface area contributed by atoms with Crippen LogP contribution < -0.4 is 20.7 Å². The van der Waals surface area contributed by atoms with Crippen molar-refractivity contribution in [1.29, 1.82) is 0 Å². The fourth-order valence-electron chi connectivity index (χ4n) is 3.15. The highest BCUT2D eigenvalue weighted by molar-refractivity contribution is 9.10. The van der Waals surface area contributed by atoms with E-state index in [1.165, 1.54) is 11.8 Å². The van der Waals surface area contributed by atoms with E-state index in [1.807, 2.05) is 31.2 Å². The first kappa shape index (κ1) is 21.6. The third-order valence-electron chi connectivity index (χ3n) is 4.89. The molecule has 0 aliphatic heterocycles. The van der Waals surface area contributed by atoms with Gasteiger partial charge in [0.2, 0.25) is 0 Å². The van der Waals surface area contributed by atoms with Crippen LogP contribution in [0, 0.1) is 6.92 Å². The molecule has 3 aromatic carbocycles. The Morgan fingerprint density at radius 1 is 1.06 bits per heavy atom. The number of aromatic amines is 1. The van der Waals surface area contributed by atoms with Crippen LogP contribution in [0.25, 0.3) is 10.9 Å². The summed E-state index contributed by atoms with van der Waals surface area (Å²) < 4.78 is 12.9. The van der Waals surface area contributed by atoms with Crippen molar-refractivity contribution in [2.24, 2.45) is 5.10 Å². The van der Waals surface area contributed by atoms with Crippen LogP contribution in [0.1, 0.15) is 16.7 Å². The SMILES string of the molecule is COc1cc(C=Nn2c(=O)[nH]c3ccccc3c2=O)c(Br)cc1OCc1ccc(C)cc1. The Bertz CT molecular complexity index is 1420. The highest BCUT2D eigenvalue weighted by Crippen LogP contribution is 2.33. The van der Waals surface area contributed by atoms with Crippen LogP contribution in [0.3, 0.4) is 0 Å². The number of para-hydroxylation sites is 1. The van der Waals surface area contributed by atoms with Gasteiger partial charge in [0.15, 0.2) is 11.5 Å². The quantitative estimate of drug-likeness (QED) is 0.407. The van der Waals surface area contributed by atoms with Crippen molar-refractivity contribution >= 4 is 33.0 Å². The fourth-order valence-corrected chi connectivity index (χ4v) is 3.57. The van der Waals surface area contributed by atoms with E-state index < -0.39 is 11.2 Å². The van der Waals surface area contributed by atoms with Crippen LogP contribution in [0.5, 0.6) is 11.5 Å². The molecule has 1 aromatic heterocycles. The molecule has 32 heavy (non-hydrogen) atoms. The van der Waals surface area contributed by atoms with Gasteiger partial charge in [-0.25, -0.2) is 4.79 Å². The largest absolute Gasteiger partial charge is 0.493 e. The minimum absolute atomic E-state index is 0.376. The molecule has 0 aliphatic rings. The van der Waals surface area contributed by atoms with Crippen LogP contribution in [-0.2, 0) is 6.61 Å². The van der Waals surface area contributed by atoms with Gasteiger partial charge in [0.05, 0.1) is 24.2 Å².